The Bertz CT molecular complexity index is 1060. The number of carbonyl (C=O) groups is 1. The van der Waals surface area contributed by atoms with E-state index in [2.05, 4.69) is 26.5 Å². The molecule has 3 rings (SSSR count). The van der Waals surface area contributed by atoms with Crippen LogP contribution in [0.25, 0.3) is 0 Å². The van der Waals surface area contributed by atoms with Crippen molar-refractivity contribution in [3.63, 3.8) is 0 Å². The van der Waals surface area contributed by atoms with Crippen LogP contribution in [-0.2, 0) is 6.61 Å². The summed E-state index contributed by atoms with van der Waals surface area (Å²) in [4.78, 5) is 12.2. The molecular formula is C22H19BrN2O5. The van der Waals surface area contributed by atoms with E-state index in [1.807, 2.05) is 30.3 Å². The number of halogens is 1. The molecule has 0 atom stereocenters. The summed E-state index contributed by atoms with van der Waals surface area (Å²) in [6, 6.07) is 16.6. The molecule has 0 spiro atoms. The lowest BCUT2D eigenvalue weighted by Crippen LogP contribution is -2.17. The van der Waals surface area contributed by atoms with Crippen LogP contribution in [0.5, 0.6) is 23.0 Å². The molecule has 3 aromatic carbocycles. The van der Waals surface area contributed by atoms with Crippen LogP contribution in [0.1, 0.15) is 21.5 Å². The van der Waals surface area contributed by atoms with Crippen LogP contribution >= 0.6 is 15.9 Å². The number of aromatic hydroxyl groups is 2. The Hall–Kier alpha value is -3.52. The lowest BCUT2D eigenvalue weighted by molar-refractivity contribution is 0.0954. The van der Waals surface area contributed by atoms with Gasteiger partial charge >= 0.3 is 0 Å². The van der Waals surface area contributed by atoms with Gasteiger partial charge in [0, 0.05) is 21.7 Å². The van der Waals surface area contributed by atoms with Gasteiger partial charge < -0.3 is 19.7 Å². The van der Waals surface area contributed by atoms with Crippen molar-refractivity contribution in [3.8, 4) is 23.0 Å². The van der Waals surface area contributed by atoms with Crippen LogP contribution in [0.4, 0.5) is 0 Å². The highest BCUT2D eigenvalue weighted by atomic mass is 79.9. The van der Waals surface area contributed by atoms with Gasteiger partial charge in [-0.1, -0.05) is 28.1 Å². The summed E-state index contributed by atoms with van der Waals surface area (Å²) in [5, 5.41) is 22.9. The van der Waals surface area contributed by atoms with Crippen molar-refractivity contribution in [1.29, 1.82) is 0 Å². The fourth-order valence-electron chi connectivity index (χ4n) is 2.63. The normalized spacial score (nSPS) is 10.7. The number of rotatable bonds is 7. The molecule has 0 aliphatic heterocycles. The number of phenols is 2. The maximum Gasteiger partial charge on any atom is 0.271 e. The van der Waals surface area contributed by atoms with E-state index in [1.165, 1.54) is 18.3 Å². The predicted molar refractivity (Wildman–Crippen MR) is 116 cm³/mol. The highest BCUT2D eigenvalue weighted by Crippen LogP contribution is 2.24. The predicted octanol–water partition coefficient (Wildman–Crippen LogP) is 4.21. The van der Waals surface area contributed by atoms with Crippen LogP contribution < -0.4 is 14.9 Å². The second-order valence-corrected chi connectivity index (χ2v) is 7.18. The van der Waals surface area contributed by atoms with Crippen molar-refractivity contribution >= 4 is 28.1 Å². The van der Waals surface area contributed by atoms with Crippen LogP contribution in [0.2, 0.25) is 0 Å². The zero-order valence-corrected chi connectivity index (χ0v) is 17.6. The van der Waals surface area contributed by atoms with E-state index in [9.17, 15) is 15.0 Å². The Labute approximate surface area is 181 Å². The molecule has 0 radical (unpaired) electrons. The summed E-state index contributed by atoms with van der Waals surface area (Å²) in [6.07, 6.45) is 1.45. The van der Waals surface area contributed by atoms with Gasteiger partial charge in [0.25, 0.3) is 5.91 Å². The average Bonchev–Trinajstić information content (AvgIpc) is 2.72. The zero-order chi connectivity index (χ0) is 21.5. The number of carbonyl (C=O) groups excluding carboxylic acids is 1. The third-order valence-corrected chi connectivity index (χ3v) is 4.53. The Morgan fingerprint density at radius 3 is 2.60 bits per heavy atom. The molecule has 0 aromatic heterocycles. The van der Waals surface area contributed by atoms with Gasteiger partial charge in [0.05, 0.1) is 13.3 Å². The molecule has 30 heavy (non-hydrogen) atoms. The minimum Gasteiger partial charge on any atom is -0.508 e. The molecule has 0 heterocycles. The van der Waals surface area contributed by atoms with Gasteiger partial charge in [-0.25, -0.2) is 5.43 Å². The lowest BCUT2D eigenvalue weighted by Gasteiger charge is -2.10. The van der Waals surface area contributed by atoms with Crippen LogP contribution in [0.15, 0.2) is 70.2 Å². The number of methoxy groups -OCH3 is 1. The largest absolute Gasteiger partial charge is 0.508 e. The Morgan fingerprint density at radius 2 is 1.87 bits per heavy atom. The molecule has 3 N–H and O–H groups in total. The first-order valence-electron chi connectivity index (χ1n) is 8.86. The molecule has 0 aliphatic rings. The first-order chi connectivity index (χ1) is 14.4. The summed E-state index contributed by atoms with van der Waals surface area (Å²) in [5.41, 5.74) is 4.02. The van der Waals surface area contributed by atoms with E-state index in [0.29, 0.717) is 17.9 Å². The molecule has 3 aromatic rings. The van der Waals surface area contributed by atoms with E-state index in [4.69, 9.17) is 9.47 Å². The summed E-state index contributed by atoms with van der Waals surface area (Å²) in [7, 11) is 1.61. The fraction of sp³-hybridized carbons (Fsp3) is 0.0909. The Kier molecular flexibility index (Phi) is 6.92. The number of hydrogen-bond acceptors (Lipinski definition) is 6. The van der Waals surface area contributed by atoms with E-state index in [-0.39, 0.29) is 17.1 Å². The van der Waals surface area contributed by atoms with Crippen molar-refractivity contribution in [2.45, 2.75) is 6.61 Å². The molecule has 154 valence electrons. The second-order valence-electron chi connectivity index (χ2n) is 6.26. The van der Waals surface area contributed by atoms with E-state index in [1.54, 1.807) is 19.2 Å². The van der Waals surface area contributed by atoms with Gasteiger partial charge in [-0.2, -0.15) is 5.10 Å². The molecule has 0 saturated heterocycles. The standard InChI is InChI=1S/C22H19BrN2O5/c1-29-20-4-2-3-14(7-20)13-30-21-6-5-17(23)8-16(21)12-24-25-22(28)15-9-18(26)11-19(27)10-15/h2-12,26-27H,13H2,1H3,(H,25,28)/b24-12-. The number of nitrogens with zero attached hydrogens (tertiary/aromatic N) is 1. The van der Waals surface area contributed by atoms with Gasteiger partial charge in [0.15, 0.2) is 0 Å². The van der Waals surface area contributed by atoms with Crippen LogP contribution in [0, 0.1) is 0 Å². The van der Waals surface area contributed by atoms with Crippen molar-refractivity contribution in [1.82, 2.24) is 5.43 Å². The smallest absolute Gasteiger partial charge is 0.271 e. The van der Waals surface area contributed by atoms with E-state index in [0.717, 1.165) is 21.9 Å². The Morgan fingerprint density at radius 1 is 1.10 bits per heavy atom. The summed E-state index contributed by atoms with van der Waals surface area (Å²) < 4.78 is 11.9. The molecule has 0 bridgehead atoms. The number of amides is 1. The molecule has 1 amide bonds. The summed E-state index contributed by atoms with van der Waals surface area (Å²) >= 11 is 3.41. The van der Waals surface area contributed by atoms with Crippen molar-refractivity contribution < 1.29 is 24.5 Å². The van der Waals surface area contributed by atoms with Gasteiger partial charge in [-0.05, 0) is 48.0 Å². The first kappa shape index (κ1) is 21.2. The molecule has 0 fully saturated rings. The second kappa shape index (κ2) is 9.80. The summed E-state index contributed by atoms with van der Waals surface area (Å²) in [5.74, 6) is 0.309. The van der Waals surface area contributed by atoms with Crippen LogP contribution in [-0.4, -0.2) is 29.4 Å². The van der Waals surface area contributed by atoms with Gasteiger partial charge in [-0.15, -0.1) is 0 Å². The molecule has 7 nitrogen and oxygen atoms in total. The van der Waals surface area contributed by atoms with Crippen molar-refractivity contribution in [2.75, 3.05) is 7.11 Å². The number of ether oxygens (including phenoxy) is 2. The zero-order valence-electron chi connectivity index (χ0n) is 16.0. The van der Waals surface area contributed by atoms with Crippen molar-refractivity contribution in [3.05, 3.63) is 81.8 Å². The summed E-state index contributed by atoms with van der Waals surface area (Å²) in [6.45, 7) is 0.328. The number of hydrogen-bond donors (Lipinski definition) is 3. The molecule has 8 heteroatoms. The van der Waals surface area contributed by atoms with E-state index >= 15 is 0 Å². The SMILES string of the molecule is COc1cccc(COc2ccc(Br)cc2/C=N\NC(=O)c2cc(O)cc(O)c2)c1. The highest BCUT2D eigenvalue weighted by molar-refractivity contribution is 9.10. The van der Waals surface area contributed by atoms with Gasteiger partial charge in [0.2, 0.25) is 0 Å². The Balaban J connectivity index is 1.70. The first-order valence-corrected chi connectivity index (χ1v) is 9.65. The van der Waals surface area contributed by atoms with Crippen LogP contribution in [0.3, 0.4) is 0 Å². The fourth-order valence-corrected chi connectivity index (χ4v) is 3.01. The van der Waals surface area contributed by atoms with Crippen molar-refractivity contribution in [2.24, 2.45) is 5.10 Å². The average molecular weight is 471 g/mol. The monoisotopic (exact) mass is 470 g/mol. The molecular weight excluding hydrogens is 452 g/mol. The quantitative estimate of drug-likeness (QED) is 0.354. The number of nitrogens with one attached hydrogen (secondary N) is 1. The van der Waals surface area contributed by atoms with Gasteiger partial charge in [-0.3, -0.25) is 4.79 Å². The number of phenolic OH excluding ortho intramolecular Hbond substituents is 2. The number of benzene rings is 3. The third-order valence-electron chi connectivity index (χ3n) is 4.03. The number of hydrazone groups is 1. The molecule has 0 saturated carbocycles. The molecule has 0 unspecified atom stereocenters. The lowest BCUT2D eigenvalue weighted by atomic mass is 10.2. The molecule has 0 aliphatic carbocycles. The maximum atomic E-state index is 12.2. The van der Waals surface area contributed by atoms with E-state index < -0.39 is 5.91 Å². The van der Waals surface area contributed by atoms with Gasteiger partial charge in [0.1, 0.15) is 29.6 Å². The third kappa shape index (κ3) is 5.74. The minimum absolute atomic E-state index is 0.0772. The topological polar surface area (TPSA) is 100 Å². The highest BCUT2D eigenvalue weighted by Gasteiger charge is 2.08. The minimum atomic E-state index is -0.578. The maximum absolute atomic E-state index is 12.2.